The van der Waals surface area contributed by atoms with Gasteiger partial charge in [0.25, 0.3) is 11.8 Å². The SMILES string of the molecule is CCCc1cc(C(=O)N2CCC(C3CCCCN3C(=O)c3cncn3C)C2)n[nH]1. The van der Waals surface area contributed by atoms with Crippen LogP contribution < -0.4 is 0 Å². The molecular weight excluding hydrogens is 368 g/mol. The Kier molecular flexibility index (Phi) is 5.69. The van der Waals surface area contributed by atoms with Crippen molar-refractivity contribution < 1.29 is 9.59 Å². The molecule has 2 fully saturated rings. The molecule has 8 heteroatoms. The lowest BCUT2D eigenvalue weighted by atomic mass is 9.89. The number of aryl methyl sites for hydroxylation is 2. The zero-order chi connectivity index (χ0) is 20.4. The summed E-state index contributed by atoms with van der Waals surface area (Å²) in [6.45, 7) is 4.30. The number of carbonyl (C=O) groups excluding carboxylic acids is 2. The number of piperidine rings is 1. The van der Waals surface area contributed by atoms with Gasteiger partial charge in [-0.15, -0.1) is 0 Å². The Hall–Kier alpha value is -2.64. The molecular formula is C21H30N6O2. The summed E-state index contributed by atoms with van der Waals surface area (Å²) in [5, 5.41) is 7.18. The average Bonchev–Trinajstić information content (AvgIpc) is 3.48. The molecule has 2 unspecified atom stereocenters. The first-order valence-corrected chi connectivity index (χ1v) is 10.7. The fourth-order valence-electron chi connectivity index (χ4n) is 4.73. The molecule has 2 aliphatic heterocycles. The van der Waals surface area contributed by atoms with E-state index < -0.39 is 0 Å². The van der Waals surface area contributed by atoms with Gasteiger partial charge in [0.2, 0.25) is 0 Å². The lowest BCUT2D eigenvalue weighted by Crippen LogP contribution is -2.48. The molecule has 2 amide bonds. The quantitative estimate of drug-likeness (QED) is 0.837. The summed E-state index contributed by atoms with van der Waals surface area (Å²) in [5.74, 6) is 0.355. The third-order valence-electron chi connectivity index (χ3n) is 6.27. The third-order valence-corrected chi connectivity index (χ3v) is 6.27. The van der Waals surface area contributed by atoms with Crippen LogP contribution >= 0.6 is 0 Å². The number of H-pyrrole nitrogens is 1. The van der Waals surface area contributed by atoms with Crippen molar-refractivity contribution in [1.82, 2.24) is 29.5 Å². The summed E-state index contributed by atoms with van der Waals surface area (Å²) in [6, 6.07) is 2.05. The van der Waals surface area contributed by atoms with Crippen LogP contribution in [-0.4, -0.2) is 67.0 Å². The molecule has 2 aliphatic rings. The maximum atomic E-state index is 13.1. The molecule has 8 nitrogen and oxygen atoms in total. The van der Waals surface area contributed by atoms with Gasteiger partial charge >= 0.3 is 0 Å². The monoisotopic (exact) mass is 398 g/mol. The van der Waals surface area contributed by atoms with Crippen LogP contribution in [0.15, 0.2) is 18.6 Å². The van der Waals surface area contributed by atoms with Crippen molar-refractivity contribution >= 4 is 11.8 Å². The molecule has 0 bridgehead atoms. The van der Waals surface area contributed by atoms with Crippen molar-refractivity contribution in [3.8, 4) is 0 Å². The van der Waals surface area contributed by atoms with Crippen LogP contribution in [0.4, 0.5) is 0 Å². The van der Waals surface area contributed by atoms with Gasteiger partial charge in [-0.25, -0.2) is 4.98 Å². The summed E-state index contributed by atoms with van der Waals surface area (Å²) >= 11 is 0. The highest BCUT2D eigenvalue weighted by Gasteiger charge is 2.39. The molecule has 2 saturated heterocycles. The number of amides is 2. The predicted molar refractivity (Wildman–Crippen MR) is 108 cm³/mol. The van der Waals surface area contributed by atoms with Gasteiger partial charge in [0, 0.05) is 38.4 Å². The van der Waals surface area contributed by atoms with Gasteiger partial charge < -0.3 is 14.4 Å². The van der Waals surface area contributed by atoms with E-state index in [9.17, 15) is 9.59 Å². The van der Waals surface area contributed by atoms with E-state index in [1.54, 1.807) is 17.1 Å². The molecule has 0 aliphatic carbocycles. The molecule has 29 heavy (non-hydrogen) atoms. The van der Waals surface area contributed by atoms with Crippen molar-refractivity contribution in [3.63, 3.8) is 0 Å². The lowest BCUT2D eigenvalue weighted by Gasteiger charge is -2.39. The maximum Gasteiger partial charge on any atom is 0.274 e. The van der Waals surface area contributed by atoms with E-state index in [-0.39, 0.29) is 17.9 Å². The molecule has 1 N–H and O–H groups in total. The molecule has 4 heterocycles. The maximum absolute atomic E-state index is 13.1. The number of aromatic nitrogens is 4. The Labute approximate surface area is 171 Å². The number of imidazole rings is 1. The predicted octanol–water partition coefficient (Wildman–Crippen LogP) is 2.25. The highest BCUT2D eigenvalue weighted by Crippen LogP contribution is 2.31. The summed E-state index contributed by atoms with van der Waals surface area (Å²) in [7, 11) is 1.85. The highest BCUT2D eigenvalue weighted by molar-refractivity contribution is 5.93. The minimum Gasteiger partial charge on any atom is -0.337 e. The number of nitrogens with one attached hydrogen (secondary N) is 1. The van der Waals surface area contributed by atoms with Crippen molar-refractivity contribution in [3.05, 3.63) is 35.7 Å². The van der Waals surface area contributed by atoms with Crippen LogP contribution in [0.25, 0.3) is 0 Å². The largest absolute Gasteiger partial charge is 0.337 e. The zero-order valence-corrected chi connectivity index (χ0v) is 17.3. The van der Waals surface area contributed by atoms with Gasteiger partial charge in [-0.3, -0.25) is 14.7 Å². The van der Waals surface area contributed by atoms with Crippen molar-refractivity contribution in [2.75, 3.05) is 19.6 Å². The van der Waals surface area contributed by atoms with Gasteiger partial charge in [0.15, 0.2) is 0 Å². The molecule has 2 atom stereocenters. The van der Waals surface area contributed by atoms with Crippen molar-refractivity contribution in [1.29, 1.82) is 0 Å². The second-order valence-electron chi connectivity index (χ2n) is 8.28. The summed E-state index contributed by atoms with van der Waals surface area (Å²) < 4.78 is 1.78. The fourth-order valence-corrected chi connectivity index (χ4v) is 4.73. The minimum absolute atomic E-state index is 0.00794. The van der Waals surface area contributed by atoms with Gasteiger partial charge in [0.05, 0.1) is 12.5 Å². The Bertz CT molecular complexity index is 872. The van der Waals surface area contributed by atoms with Crippen LogP contribution in [0.2, 0.25) is 0 Å². The number of rotatable bonds is 5. The van der Waals surface area contributed by atoms with E-state index in [2.05, 4.69) is 22.1 Å². The molecule has 2 aromatic rings. The van der Waals surface area contributed by atoms with E-state index in [4.69, 9.17) is 0 Å². The van der Waals surface area contributed by atoms with Crippen molar-refractivity contribution in [2.45, 2.75) is 51.5 Å². The molecule has 0 aromatic carbocycles. The van der Waals surface area contributed by atoms with Gasteiger partial charge in [-0.05, 0) is 44.1 Å². The topological polar surface area (TPSA) is 87.1 Å². The van der Waals surface area contributed by atoms with Crippen LogP contribution in [0, 0.1) is 5.92 Å². The number of hydrogen-bond acceptors (Lipinski definition) is 4. The first-order chi connectivity index (χ1) is 14.1. The summed E-state index contributed by atoms with van der Waals surface area (Å²) in [5.41, 5.74) is 2.13. The van der Waals surface area contributed by atoms with E-state index >= 15 is 0 Å². The van der Waals surface area contributed by atoms with Crippen LogP contribution in [0.5, 0.6) is 0 Å². The average molecular weight is 399 g/mol. The standard InChI is InChI=1S/C21H30N6O2/c1-3-6-16-11-17(24-23-16)20(28)26-10-8-15(13-26)18-7-4-5-9-27(18)21(29)19-12-22-14-25(19)2/h11-12,14-15,18H,3-10,13H2,1-2H3,(H,23,24). The molecule has 2 aromatic heterocycles. The van der Waals surface area contributed by atoms with E-state index in [0.29, 0.717) is 23.9 Å². The molecule has 156 valence electrons. The second-order valence-corrected chi connectivity index (χ2v) is 8.28. The summed E-state index contributed by atoms with van der Waals surface area (Å²) in [6.07, 6.45) is 9.31. The van der Waals surface area contributed by atoms with E-state index in [0.717, 1.165) is 57.3 Å². The number of aromatic amines is 1. The number of carbonyl (C=O) groups is 2. The first-order valence-electron chi connectivity index (χ1n) is 10.7. The third kappa shape index (κ3) is 3.93. The Morgan fingerprint density at radius 3 is 2.83 bits per heavy atom. The molecule has 0 spiro atoms. The van der Waals surface area contributed by atoms with Crippen LogP contribution in [0.1, 0.15) is 65.7 Å². The fraction of sp³-hybridized carbons (Fsp3) is 0.619. The molecule has 4 rings (SSSR count). The first kappa shape index (κ1) is 19.7. The van der Waals surface area contributed by atoms with E-state index in [1.807, 2.05) is 22.9 Å². The summed E-state index contributed by atoms with van der Waals surface area (Å²) in [4.78, 5) is 34.0. The second kappa shape index (κ2) is 8.39. The molecule has 0 saturated carbocycles. The Morgan fingerprint density at radius 1 is 1.21 bits per heavy atom. The van der Waals surface area contributed by atoms with Gasteiger partial charge in [0.1, 0.15) is 11.4 Å². The van der Waals surface area contributed by atoms with E-state index in [1.165, 1.54) is 0 Å². The normalized spacial score (nSPS) is 22.3. The highest BCUT2D eigenvalue weighted by atomic mass is 16.2. The van der Waals surface area contributed by atoms with Crippen molar-refractivity contribution in [2.24, 2.45) is 13.0 Å². The Balaban J connectivity index is 1.44. The van der Waals surface area contributed by atoms with Crippen LogP contribution in [-0.2, 0) is 13.5 Å². The molecule has 0 radical (unpaired) electrons. The lowest BCUT2D eigenvalue weighted by molar-refractivity contribution is 0.0506. The smallest absolute Gasteiger partial charge is 0.274 e. The number of likely N-dealkylation sites (tertiary alicyclic amines) is 2. The zero-order valence-electron chi connectivity index (χ0n) is 17.3. The number of nitrogens with zero attached hydrogens (tertiary/aromatic N) is 5. The number of hydrogen-bond donors (Lipinski definition) is 1. The van der Waals surface area contributed by atoms with Gasteiger partial charge in [-0.1, -0.05) is 13.3 Å². The Morgan fingerprint density at radius 2 is 2.07 bits per heavy atom. The van der Waals surface area contributed by atoms with Gasteiger partial charge in [-0.2, -0.15) is 5.10 Å². The van der Waals surface area contributed by atoms with Crippen LogP contribution in [0.3, 0.4) is 0 Å². The minimum atomic E-state index is -0.00794.